The average Bonchev–Trinajstić information content (AvgIpc) is 2.87. The molecular formula is C14H18ClN3O3. The number of likely N-dealkylation sites (N-methyl/N-ethyl adjacent to an activating group) is 1. The van der Waals surface area contributed by atoms with Crippen molar-refractivity contribution in [3.63, 3.8) is 0 Å². The molecule has 21 heavy (non-hydrogen) atoms. The third-order valence-corrected chi connectivity index (χ3v) is 3.89. The summed E-state index contributed by atoms with van der Waals surface area (Å²) >= 11 is 5.77. The van der Waals surface area contributed by atoms with Crippen LogP contribution in [0.3, 0.4) is 0 Å². The number of hydrogen-bond acceptors (Lipinski definition) is 4. The summed E-state index contributed by atoms with van der Waals surface area (Å²) < 4.78 is 0. The predicted octanol–water partition coefficient (Wildman–Crippen LogP) is 1.54. The Labute approximate surface area is 128 Å². The highest BCUT2D eigenvalue weighted by Crippen LogP contribution is 2.25. The second-order valence-corrected chi connectivity index (χ2v) is 5.68. The Morgan fingerprint density at radius 3 is 2.86 bits per heavy atom. The molecule has 114 valence electrons. The molecule has 0 saturated heterocycles. The number of carbonyl (C=O) groups excluding carboxylic acids is 1. The summed E-state index contributed by atoms with van der Waals surface area (Å²) in [4.78, 5) is 28.9. The highest BCUT2D eigenvalue weighted by atomic mass is 35.5. The van der Waals surface area contributed by atoms with Crippen LogP contribution in [0.4, 0.5) is 5.82 Å². The van der Waals surface area contributed by atoms with Crippen LogP contribution in [0.25, 0.3) is 0 Å². The molecular weight excluding hydrogens is 294 g/mol. The number of pyridine rings is 1. The van der Waals surface area contributed by atoms with Crippen LogP contribution in [0.5, 0.6) is 0 Å². The largest absolute Gasteiger partial charge is 0.481 e. The van der Waals surface area contributed by atoms with E-state index in [1.807, 2.05) is 0 Å². The third kappa shape index (κ3) is 4.07. The molecule has 6 nitrogen and oxygen atoms in total. The molecule has 0 bridgehead atoms. The Morgan fingerprint density at radius 1 is 1.48 bits per heavy atom. The normalized spacial score (nSPS) is 21.0. The maximum atomic E-state index is 12.0. The summed E-state index contributed by atoms with van der Waals surface area (Å²) in [6.45, 7) is 0.122. The first kappa shape index (κ1) is 15.6. The molecule has 2 N–H and O–H groups in total. The van der Waals surface area contributed by atoms with Crippen molar-refractivity contribution in [2.75, 3.05) is 18.5 Å². The molecule has 1 aromatic rings. The molecule has 0 spiro atoms. The van der Waals surface area contributed by atoms with Gasteiger partial charge in [-0.3, -0.25) is 9.59 Å². The molecule has 1 aliphatic rings. The lowest BCUT2D eigenvalue weighted by molar-refractivity contribution is -0.142. The lowest BCUT2D eigenvalue weighted by Gasteiger charge is -2.21. The Kier molecular flexibility index (Phi) is 5.01. The Balaban J connectivity index is 1.89. The number of hydrogen-bond donors (Lipinski definition) is 2. The maximum absolute atomic E-state index is 12.0. The summed E-state index contributed by atoms with van der Waals surface area (Å²) in [6.07, 6.45) is 3.68. The molecule has 7 heteroatoms. The lowest BCUT2D eigenvalue weighted by atomic mass is 10.0. The van der Waals surface area contributed by atoms with Gasteiger partial charge in [-0.2, -0.15) is 0 Å². The van der Waals surface area contributed by atoms with Crippen LogP contribution >= 0.6 is 11.6 Å². The van der Waals surface area contributed by atoms with Crippen molar-refractivity contribution < 1.29 is 14.7 Å². The van der Waals surface area contributed by atoms with Crippen molar-refractivity contribution in [1.82, 2.24) is 10.3 Å². The van der Waals surface area contributed by atoms with Gasteiger partial charge in [0, 0.05) is 19.3 Å². The second kappa shape index (κ2) is 6.76. The van der Waals surface area contributed by atoms with Crippen molar-refractivity contribution in [3.8, 4) is 0 Å². The van der Waals surface area contributed by atoms with Crippen LogP contribution in [-0.2, 0) is 9.59 Å². The van der Waals surface area contributed by atoms with Gasteiger partial charge in [0.05, 0.1) is 17.5 Å². The molecule has 0 aromatic carbocycles. The van der Waals surface area contributed by atoms with Crippen molar-refractivity contribution in [3.05, 3.63) is 23.4 Å². The molecule has 1 amide bonds. The first-order valence-electron chi connectivity index (χ1n) is 6.82. The van der Waals surface area contributed by atoms with E-state index in [0.29, 0.717) is 23.7 Å². The molecule has 1 aromatic heterocycles. The SMILES string of the molecule is CN(CC(=O)NC1CCCC1C(=O)O)c1ccc(Cl)cn1. The average molecular weight is 312 g/mol. The number of nitrogens with zero attached hydrogens (tertiary/aromatic N) is 2. The van der Waals surface area contributed by atoms with Crippen LogP contribution in [0.2, 0.25) is 5.02 Å². The fraction of sp³-hybridized carbons (Fsp3) is 0.500. The standard InChI is InChI=1S/C14H18ClN3O3/c1-18(12-6-5-9(15)7-16-12)8-13(19)17-11-4-2-3-10(11)14(20)21/h5-7,10-11H,2-4,8H2,1H3,(H,17,19)(H,20,21). The summed E-state index contributed by atoms with van der Waals surface area (Å²) in [6, 6.07) is 3.16. The summed E-state index contributed by atoms with van der Waals surface area (Å²) in [5.74, 6) is -0.887. The number of nitrogens with one attached hydrogen (secondary N) is 1. The zero-order valence-electron chi connectivity index (χ0n) is 11.8. The van der Waals surface area contributed by atoms with E-state index in [4.69, 9.17) is 16.7 Å². The summed E-state index contributed by atoms with van der Waals surface area (Å²) in [5, 5.41) is 12.4. The van der Waals surface area contributed by atoms with E-state index in [9.17, 15) is 9.59 Å². The Morgan fingerprint density at radius 2 is 2.24 bits per heavy atom. The number of carbonyl (C=O) groups is 2. The Hall–Kier alpha value is -1.82. The lowest BCUT2D eigenvalue weighted by Crippen LogP contribution is -2.44. The van der Waals surface area contributed by atoms with Gasteiger partial charge in [0.2, 0.25) is 5.91 Å². The van der Waals surface area contributed by atoms with Gasteiger partial charge in [-0.1, -0.05) is 18.0 Å². The van der Waals surface area contributed by atoms with Gasteiger partial charge in [-0.25, -0.2) is 4.98 Å². The molecule has 1 heterocycles. The molecule has 1 saturated carbocycles. The number of anilines is 1. The van der Waals surface area contributed by atoms with E-state index >= 15 is 0 Å². The smallest absolute Gasteiger partial charge is 0.308 e. The van der Waals surface area contributed by atoms with E-state index in [2.05, 4.69) is 10.3 Å². The first-order chi connectivity index (χ1) is 9.97. The van der Waals surface area contributed by atoms with E-state index in [-0.39, 0.29) is 18.5 Å². The molecule has 2 atom stereocenters. The maximum Gasteiger partial charge on any atom is 0.308 e. The summed E-state index contributed by atoms with van der Waals surface area (Å²) in [7, 11) is 1.75. The van der Waals surface area contributed by atoms with E-state index in [1.54, 1.807) is 24.1 Å². The quantitative estimate of drug-likeness (QED) is 0.862. The summed E-state index contributed by atoms with van der Waals surface area (Å²) in [5.41, 5.74) is 0. The minimum Gasteiger partial charge on any atom is -0.481 e. The van der Waals surface area contributed by atoms with Crippen molar-refractivity contribution >= 4 is 29.3 Å². The van der Waals surface area contributed by atoms with Crippen molar-refractivity contribution in [2.24, 2.45) is 5.92 Å². The number of aromatic nitrogens is 1. The van der Waals surface area contributed by atoms with Crippen LogP contribution in [0.1, 0.15) is 19.3 Å². The number of carboxylic acids is 1. The van der Waals surface area contributed by atoms with Gasteiger partial charge in [-0.05, 0) is 25.0 Å². The topological polar surface area (TPSA) is 82.5 Å². The number of aliphatic carboxylic acids is 1. The molecule has 2 rings (SSSR count). The van der Waals surface area contributed by atoms with E-state index < -0.39 is 11.9 Å². The second-order valence-electron chi connectivity index (χ2n) is 5.24. The highest BCUT2D eigenvalue weighted by molar-refractivity contribution is 6.30. The van der Waals surface area contributed by atoms with Gasteiger partial charge in [0.25, 0.3) is 0 Å². The van der Waals surface area contributed by atoms with Gasteiger partial charge in [0.15, 0.2) is 0 Å². The van der Waals surface area contributed by atoms with Gasteiger partial charge in [0.1, 0.15) is 5.82 Å². The van der Waals surface area contributed by atoms with Crippen molar-refractivity contribution in [1.29, 1.82) is 0 Å². The van der Waals surface area contributed by atoms with Gasteiger partial charge >= 0.3 is 5.97 Å². The number of rotatable bonds is 5. The molecule has 1 aliphatic carbocycles. The fourth-order valence-electron chi connectivity index (χ4n) is 2.57. The van der Waals surface area contributed by atoms with Crippen LogP contribution in [0, 0.1) is 5.92 Å². The number of amides is 1. The zero-order chi connectivity index (χ0) is 15.4. The highest BCUT2D eigenvalue weighted by Gasteiger charge is 2.33. The fourth-order valence-corrected chi connectivity index (χ4v) is 2.68. The van der Waals surface area contributed by atoms with Crippen LogP contribution in [0.15, 0.2) is 18.3 Å². The van der Waals surface area contributed by atoms with Crippen molar-refractivity contribution in [2.45, 2.75) is 25.3 Å². The number of halogens is 1. The molecule has 0 radical (unpaired) electrons. The van der Waals surface area contributed by atoms with Gasteiger partial charge in [-0.15, -0.1) is 0 Å². The monoisotopic (exact) mass is 311 g/mol. The predicted molar refractivity (Wildman–Crippen MR) is 79.4 cm³/mol. The molecule has 0 aliphatic heterocycles. The number of carboxylic acid groups (broad SMARTS) is 1. The minimum atomic E-state index is -0.842. The minimum absolute atomic E-state index is 0.122. The Bertz CT molecular complexity index is 521. The van der Waals surface area contributed by atoms with Gasteiger partial charge < -0.3 is 15.3 Å². The van der Waals surface area contributed by atoms with E-state index in [0.717, 1.165) is 6.42 Å². The molecule has 1 fully saturated rings. The first-order valence-corrected chi connectivity index (χ1v) is 7.20. The molecule has 2 unspecified atom stereocenters. The van der Waals surface area contributed by atoms with Crippen LogP contribution < -0.4 is 10.2 Å². The zero-order valence-corrected chi connectivity index (χ0v) is 12.5. The van der Waals surface area contributed by atoms with E-state index in [1.165, 1.54) is 6.20 Å². The third-order valence-electron chi connectivity index (χ3n) is 3.66. The van der Waals surface area contributed by atoms with Crippen LogP contribution in [-0.4, -0.2) is 41.6 Å².